The lowest BCUT2D eigenvalue weighted by atomic mass is 10.1. The number of hydrogen-bond acceptors (Lipinski definition) is 6. The molecule has 9 heteroatoms. The second kappa shape index (κ2) is 12.0. The molecule has 8 nitrogen and oxygen atoms in total. The highest BCUT2D eigenvalue weighted by atomic mass is 32.2. The van der Waals surface area contributed by atoms with Crippen LogP contribution in [0.25, 0.3) is 0 Å². The Balaban J connectivity index is 1.20. The van der Waals surface area contributed by atoms with Gasteiger partial charge in [-0.3, -0.25) is 24.2 Å². The Hall–Kier alpha value is -2.88. The molecule has 2 heterocycles. The third-order valence-electron chi connectivity index (χ3n) is 5.95. The van der Waals surface area contributed by atoms with E-state index < -0.39 is 0 Å². The molecular weight excluding hydrogens is 450 g/mol. The maximum absolute atomic E-state index is 12.7. The van der Waals surface area contributed by atoms with Crippen molar-refractivity contribution < 1.29 is 14.4 Å². The van der Waals surface area contributed by atoms with Crippen LogP contribution in [0.5, 0.6) is 0 Å². The number of para-hydroxylation sites is 1. The number of piperazine rings is 1. The highest BCUT2D eigenvalue weighted by Gasteiger charge is 2.22. The van der Waals surface area contributed by atoms with Gasteiger partial charge in [0.05, 0.1) is 13.1 Å². The third kappa shape index (κ3) is 7.06. The molecule has 0 spiro atoms. The second-order valence-electron chi connectivity index (χ2n) is 8.50. The van der Waals surface area contributed by atoms with E-state index in [-0.39, 0.29) is 24.3 Å². The van der Waals surface area contributed by atoms with Crippen molar-refractivity contribution in [1.29, 1.82) is 0 Å². The molecule has 0 atom stereocenters. The molecule has 0 aliphatic carbocycles. The normalized spacial score (nSPS) is 17.2. The van der Waals surface area contributed by atoms with Crippen LogP contribution in [0.2, 0.25) is 0 Å². The zero-order valence-electron chi connectivity index (χ0n) is 19.2. The van der Waals surface area contributed by atoms with E-state index in [0.29, 0.717) is 17.8 Å². The molecule has 34 heavy (non-hydrogen) atoms. The third-order valence-corrected chi connectivity index (χ3v) is 6.89. The molecule has 2 saturated heterocycles. The van der Waals surface area contributed by atoms with Gasteiger partial charge in [0.1, 0.15) is 0 Å². The van der Waals surface area contributed by atoms with Gasteiger partial charge in [-0.15, -0.1) is 0 Å². The van der Waals surface area contributed by atoms with Gasteiger partial charge in [0.25, 0.3) is 5.91 Å². The van der Waals surface area contributed by atoms with E-state index in [9.17, 15) is 14.4 Å². The molecule has 2 N–H and O–H groups in total. The molecular formula is C25H31N5O3S. The van der Waals surface area contributed by atoms with Crippen molar-refractivity contribution in [2.75, 3.05) is 74.5 Å². The van der Waals surface area contributed by atoms with E-state index >= 15 is 0 Å². The Labute approximate surface area is 204 Å². The van der Waals surface area contributed by atoms with E-state index in [2.05, 4.69) is 20.4 Å². The van der Waals surface area contributed by atoms with Gasteiger partial charge in [0.15, 0.2) is 0 Å². The van der Waals surface area contributed by atoms with Crippen molar-refractivity contribution >= 4 is 40.9 Å². The number of nitrogens with one attached hydrogen (secondary N) is 2. The smallest absolute Gasteiger partial charge is 0.253 e. The number of rotatable bonds is 7. The maximum atomic E-state index is 12.7. The molecule has 2 aliphatic rings. The van der Waals surface area contributed by atoms with Gasteiger partial charge in [-0.1, -0.05) is 24.3 Å². The highest BCUT2D eigenvalue weighted by molar-refractivity contribution is 7.99. The van der Waals surface area contributed by atoms with Crippen LogP contribution in [0.3, 0.4) is 0 Å². The Bertz CT molecular complexity index is 989. The van der Waals surface area contributed by atoms with E-state index in [0.717, 1.165) is 56.5 Å². The molecule has 0 saturated carbocycles. The lowest BCUT2D eigenvalue weighted by Gasteiger charge is -2.33. The molecule has 0 bridgehead atoms. The topological polar surface area (TPSA) is 85.0 Å². The molecule has 0 unspecified atom stereocenters. The summed E-state index contributed by atoms with van der Waals surface area (Å²) in [5.74, 6) is 1.81. The van der Waals surface area contributed by atoms with Crippen LogP contribution in [0.4, 0.5) is 11.4 Å². The quantitative estimate of drug-likeness (QED) is 0.630. The summed E-state index contributed by atoms with van der Waals surface area (Å²) in [6, 6.07) is 16.6. The number of thioether (sulfide) groups is 1. The number of benzene rings is 2. The summed E-state index contributed by atoms with van der Waals surface area (Å²) in [5.41, 5.74) is 2.04. The summed E-state index contributed by atoms with van der Waals surface area (Å²) < 4.78 is 0. The number of nitrogens with zero attached hydrogens (tertiary/aromatic N) is 3. The Morgan fingerprint density at radius 1 is 0.706 bits per heavy atom. The van der Waals surface area contributed by atoms with Crippen molar-refractivity contribution in [3.8, 4) is 0 Å². The minimum Gasteiger partial charge on any atom is -0.337 e. The van der Waals surface area contributed by atoms with Gasteiger partial charge in [-0.25, -0.2) is 0 Å². The van der Waals surface area contributed by atoms with E-state index in [1.165, 1.54) is 0 Å². The summed E-state index contributed by atoms with van der Waals surface area (Å²) >= 11 is 1.86. The van der Waals surface area contributed by atoms with Crippen LogP contribution in [-0.4, -0.2) is 96.3 Å². The largest absolute Gasteiger partial charge is 0.337 e. The molecule has 3 amide bonds. The predicted molar refractivity (Wildman–Crippen MR) is 136 cm³/mol. The SMILES string of the molecule is O=C(CN1CCN(CC(=O)Nc2cccc(C(=O)N3CCSCC3)c2)CC1)Nc1ccccc1. The maximum Gasteiger partial charge on any atom is 0.253 e. The number of hydrogen-bond donors (Lipinski definition) is 2. The standard InChI is InChI=1S/C25H31N5O3S/c31-23(26-21-6-2-1-3-7-21)18-28-9-11-29(12-10-28)19-24(32)27-22-8-4-5-20(17-22)25(33)30-13-15-34-16-14-30/h1-8,17H,9-16,18-19H2,(H,26,31)(H,27,32). The van der Waals surface area contributed by atoms with Crippen LogP contribution >= 0.6 is 11.8 Å². The number of anilines is 2. The van der Waals surface area contributed by atoms with Crippen molar-refractivity contribution in [2.45, 2.75) is 0 Å². The Morgan fingerprint density at radius 3 is 1.88 bits per heavy atom. The summed E-state index contributed by atoms with van der Waals surface area (Å²) in [4.78, 5) is 43.6. The molecule has 0 aromatic heterocycles. The molecule has 2 aromatic carbocycles. The van der Waals surface area contributed by atoms with Crippen LogP contribution in [0.1, 0.15) is 10.4 Å². The average molecular weight is 482 g/mol. The van der Waals surface area contributed by atoms with E-state index in [1.807, 2.05) is 53.1 Å². The van der Waals surface area contributed by atoms with Crippen molar-refractivity contribution in [3.05, 3.63) is 60.2 Å². The number of carbonyl (C=O) groups excluding carboxylic acids is 3. The van der Waals surface area contributed by atoms with Crippen LogP contribution in [0, 0.1) is 0 Å². The first-order valence-electron chi connectivity index (χ1n) is 11.6. The van der Waals surface area contributed by atoms with Gasteiger partial charge in [0, 0.05) is 67.7 Å². The van der Waals surface area contributed by atoms with Crippen molar-refractivity contribution in [1.82, 2.24) is 14.7 Å². The first kappa shape index (κ1) is 24.3. The van der Waals surface area contributed by atoms with Crippen LogP contribution in [-0.2, 0) is 9.59 Å². The zero-order valence-corrected chi connectivity index (χ0v) is 20.1. The summed E-state index contributed by atoms with van der Waals surface area (Å²) in [5, 5.41) is 5.83. The average Bonchev–Trinajstić information content (AvgIpc) is 2.86. The van der Waals surface area contributed by atoms with Crippen molar-refractivity contribution in [3.63, 3.8) is 0 Å². The Kier molecular flexibility index (Phi) is 8.56. The molecule has 180 valence electrons. The second-order valence-corrected chi connectivity index (χ2v) is 9.72. The van der Waals surface area contributed by atoms with Crippen LogP contribution in [0.15, 0.2) is 54.6 Å². The number of carbonyl (C=O) groups is 3. The highest BCUT2D eigenvalue weighted by Crippen LogP contribution is 2.16. The first-order chi connectivity index (χ1) is 16.6. The van der Waals surface area contributed by atoms with Gasteiger partial charge in [-0.05, 0) is 30.3 Å². The minimum atomic E-state index is -0.103. The molecule has 2 aromatic rings. The fourth-order valence-electron chi connectivity index (χ4n) is 4.11. The molecule has 0 radical (unpaired) electrons. The number of amides is 3. The van der Waals surface area contributed by atoms with Gasteiger partial charge in [-0.2, -0.15) is 11.8 Å². The van der Waals surface area contributed by atoms with E-state index in [4.69, 9.17) is 0 Å². The first-order valence-corrected chi connectivity index (χ1v) is 12.8. The lowest BCUT2D eigenvalue weighted by Crippen LogP contribution is -2.50. The molecule has 2 aliphatic heterocycles. The monoisotopic (exact) mass is 481 g/mol. The Morgan fingerprint density at radius 2 is 1.26 bits per heavy atom. The summed E-state index contributed by atoms with van der Waals surface area (Å²) in [7, 11) is 0. The lowest BCUT2D eigenvalue weighted by molar-refractivity contribution is -0.120. The fourth-order valence-corrected chi connectivity index (χ4v) is 5.02. The van der Waals surface area contributed by atoms with Gasteiger partial charge >= 0.3 is 0 Å². The fraction of sp³-hybridized carbons (Fsp3) is 0.400. The summed E-state index contributed by atoms with van der Waals surface area (Å²) in [6.45, 7) is 5.05. The predicted octanol–water partition coefficient (Wildman–Crippen LogP) is 2.07. The molecule has 2 fully saturated rings. The zero-order chi connectivity index (χ0) is 23.8. The van der Waals surface area contributed by atoms with Gasteiger partial charge < -0.3 is 15.5 Å². The summed E-state index contributed by atoms with van der Waals surface area (Å²) in [6.07, 6.45) is 0. The molecule has 4 rings (SSSR count). The van der Waals surface area contributed by atoms with Crippen LogP contribution < -0.4 is 10.6 Å². The minimum absolute atomic E-state index is 0.0174. The van der Waals surface area contributed by atoms with Crippen molar-refractivity contribution in [2.24, 2.45) is 0 Å². The van der Waals surface area contributed by atoms with E-state index in [1.54, 1.807) is 18.2 Å². The van der Waals surface area contributed by atoms with Gasteiger partial charge in [0.2, 0.25) is 11.8 Å².